The van der Waals surface area contributed by atoms with E-state index >= 15 is 0 Å². The lowest BCUT2D eigenvalue weighted by Crippen LogP contribution is -2.42. The number of carbonyl (C=O) groups is 4. The number of benzene rings is 2. The van der Waals surface area contributed by atoms with Gasteiger partial charge in [-0.05, 0) is 17.7 Å². The number of nitrogens with one attached hydrogen (secondary N) is 1. The Morgan fingerprint density at radius 1 is 0.833 bits per heavy atom. The molecule has 2 rings (SSSR count). The molecule has 0 aliphatic rings. The molecule has 0 spiro atoms. The maximum atomic E-state index is 12.9. The average Bonchev–Trinajstić information content (AvgIpc) is 2.78. The number of esters is 2. The van der Waals surface area contributed by atoms with Crippen LogP contribution in [0.3, 0.4) is 0 Å². The molecule has 0 aliphatic carbocycles. The summed E-state index contributed by atoms with van der Waals surface area (Å²) in [6.07, 6.45) is -0.156. The van der Waals surface area contributed by atoms with Gasteiger partial charge in [-0.1, -0.05) is 48.5 Å². The Labute approximate surface area is 174 Å². The van der Waals surface area contributed by atoms with E-state index in [4.69, 9.17) is 0 Å². The van der Waals surface area contributed by atoms with Crippen molar-refractivity contribution in [3.63, 3.8) is 0 Å². The fourth-order valence-electron chi connectivity index (χ4n) is 2.75. The molecule has 8 nitrogen and oxygen atoms in total. The van der Waals surface area contributed by atoms with Crippen LogP contribution in [0.5, 0.6) is 0 Å². The topological polar surface area (TPSA) is 102 Å². The summed E-state index contributed by atoms with van der Waals surface area (Å²) in [6, 6.07) is 16.9. The van der Waals surface area contributed by atoms with Gasteiger partial charge in [0.1, 0.15) is 13.1 Å². The lowest BCUT2D eigenvalue weighted by Gasteiger charge is -2.24. The zero-order valence-electron chi connectivity index (χ0n) is 16.9. The number of carbonyl (C=O) groups excluding carboxylic acids is 4. The summed E-state index contributed by atoms with van der Waals surface area (Å²) in [5.41, 5.74) is 1.16. The zero-order valence-corrected chi connectivity index (χ0v) is 16.9. The van der Waals surface area contributed by atoms with Crippen molar-refractivity contribution in [2.24, 2.45) is 0 Å². The third-order valence-corrected chi connectivity index (χ3v) is 4.37. The SMILES string of the molecule is COC(=O)CN(CC(=O)OC)C(=O)CC(NC(=O)c1ccccc1)c1ccccc1. The molecule has 0 fully saturated rings. The number of rotatable bonds is 9. The van der Waals surface area contributed by atoms with Gasteiger partial charge in [-0.2, -0.15) is 0 Å². The van der Waals surface area contributed by atoms with Crippen molar-refractivity contribution in [1.82, 2.24) is 10.2 Å². The number of hydrogen-bond acceptors (Lipinski definition) is 6. The molecular weight excluding hydrogens is 388 g/mol. The molecular formula is C22H24N2O6. The fourth-order valence-corrected chi connectivity index (χ4v) is 2.75. The summed E-state index contributed by atoms with van der Waals surface area (Å²) in [5, 5.41) is 2.85. The molecule has 1 unspecified atom stereocenters. The second-order valence-corrected chi connectivity index (χ2v) is 6.41. The quantitative estimate of drug-likeness (QED) is 0.630. The summed E-state index contributed by atoms with van der Waals surface area (Å²) in [7, 11) is 2.38. The molecule has 0 radical (unpaired) electrons. The fraction of sp³-hybridized carbons (Fsp3) is 0.273. The van der Waals surface area contributed by atoms with Crippen molar-refractivity contribution in [2.75, 3.05) is 27.3 Å². The first kappa shape index (κ1) is 22.6. The monoisotopic (exact) mass is 412 g/mol. The highest BCUT2D eigenvalue weighted by Gasteiger charge is 2.26. The number of amides is 2. The molecule has 0 bridgehead atoms. The van der Waals surface area contributed by atoms with Crippen molar-refractivity contribution < 1.29 is 28.7 Å². The third kappa shape index (κ3) is 6.73. The number of methoxy groups -OCH3 is 2. The van der Waals surface area contributed by atoms with Crippen LogP contribution in [0.25, 0.3) is 0 Å². The van der Waals surface area contributed by atoms with Gasteiger partial charge >= 0.3 is 11.9 Å². The van der Waals surface area contributed by atoms with Crippen molar-refractivity contribution in [1.29, 1.82) is 0 Å². The molecule has 2 aromatic rings. The van der Waals surface area contributed by atoms with Crippen molar-refractivity contribution in [3.05, 3.63) is 71.8 Å². The summed E-state index contributed by atoms with van der Waals surface area (Å²) < 4.78 is 9.21. The molecule has 1 N–H and O–H groups in total. The van der Waals surface area contributed by atoms with Gasteiger partial charge in [0.15, 0.2) is 0 Å². The summed E-state index contributed by atoms with van der Waals surface area (Å²) >= 11 is 0. The average molecular weight is 412 g/mol. The molecule has 2 amide bonds. The second-order valence-electron chi connectivity index (χ2n) is 6.41. The van der Waals surface area contributed by atoms with Gasteiger partial charge in [0.2, 0.25) is 5.91 Å². The normalized spacial score (nSPS) is 11.1. The summed E-state index contributed by atoms with van der Waals surface area (Å²) in [5.74, 6) is -2.19. The number of nitrogens with zero attached hydrogens (tertiary/aromatic N) is 1. The molecule has 0 saturated carbocycles. The second kappa shape index (κ2) is 11.4. The van der Waals surface area contributed by atoms with E-state index in [1.54, 1.807) is 54.6 Å². The van der Waals surface area contributed by atoms with E-state index in [0.717, 1.165) is 4.90 Å². The zero-order chi connectivity index (χ0) is 21.9. The molecule has 158 valence electrons. The molecule has 8 heteroatoms. The van der Waals surface area contributed by atoms with E-state index in [-0.39, 0.29) is 12.3 Å². The van der Waals surface area contributed by atoms with Gasteiger partial charge in [-0.25, -0.2) is 0 Å². The van der Waals surface area contributed by atoms with Crippen LogP contribution in [0.1, 0.15) is 28.4 Å². The first-order valence-electron chi connectivity index (χ1n) is 9.26. The van der Waals surface area contributed by atoms with Crippen LogP contribution in [0.15, 0.2) is 60.7 Å². The van der Waals surface area contributed by atoms with Crippen molar-refractivity contribution >= 4 is 23.8 Å². The summed E-state index contributed by atoms with van der Waals surface area (Å²) in [6.45, 7) is -0.808. The molecule has 1 atom stereocenters. The highest BCUT2D eigenvalue weighted by molar-refractivity contribution is 5.95. The van der Waals surface area contributed by atoms with Crippen molar-refractivity contribution in [2.45, 2.75) is 12.5 Å². The van der Waals surface area contributed by atoms with Gasteiger partial charge < -0.3 is 19.7 Å². The van der Waals surface area contributed by atoms with Crippen LogP contribution in [-0.2, 0) is 23.9 Å². The Hall–Kier alpha value is -3.68. The van der Waals surface area contributed by atoms with Gasteiger partial charge in [-0.3, -0.25) is 19.2 Å². The van der Waals surface area contributed by atoms with Crippen LogP contribution in [0.2, 0.25) is 0 Å². The molecule has 0 saturated heterocycles. The summed E-state index contributed by atoms with van der Waals surface area (Å²) in [4.78, 5) is 49.9. The maximum Gasteiger partial charge on any atom is 0.325 e. The van der Waals surface area contributed by atoms with Crippen molar-refractivity contribution in [3.8, 4) is 0 Å². The van der Waals surface area contributed by atoms with Gasteiger partial charge in [0.05, 0.1) is 26.7 Å². The minimum atomic E-state index is -0.670. The van der Waals surface area contributed by atoms with Crippen LogP contribution >= 0.6 is 0 Å². The molecule has 2 aromatic carbocycles. The van der Waals surface area contributed by atoms with Crippen LogP contribution < -0.4 is 5.32 Å². The standard InChI is InChI=1S/C22H24N2O6/c1-29-20(26)14-24(15-21(27)30-2)19(25)13-18(16-9-5-3-6-10-16)23-22(28)17-11-7-4-8-12-17/h3-12,18H,13-15H2,1-2H3,(H,23,28). The number of ether oxygens (including phenoxy) is 2. The largest absolute Gasteiger partial charge is 0.468 e. The minimum Gasteiger partial charge on any atom is -0.468 e. The molecule has 0 heterocycles. The van der Waals surface area contributed by atoms with Gasteiger partial charge in [0, 0.05) is 5.56 Å². The lowest BCUT2D eigenvalue weighted by atomic mass is 10.0. The maximum absolute atomic E-state index is 12.9. The highest BCUT2D eigenvalue weighted by atomic mass is 16.5. The highest BCUT2D eigenvalue weighted by Crippen LogP contribution is 2.19. The number of hydrogen-bond donors (Lipinski definition) is 1. The van der Waals surface area contributed by atoms with Gasteiger partial charge in [-0.15, -0.1) is 0 Å². The van der Waals surface area contributed by atoms with E-state index in [1.807, 2.05) is 6.07 Å². The molecule has 0 aliphatic heterocycles. The Balaban J connectivity index is 2.22. The van der Waals surface area contributed by atoms with E-state index < -0.39 is 37.0 Å². The first-order valence-corrected chi connectivity index (χ1v) is 9.26. The van der Waals surface area contributed by atoms with Crippen LogP contribution in [-0.4, -0.2) is 56.0 Å². The van der Waals surface area contributed by atoms with Crippen LogP contribution in [0, 0.1) is 0 Å². The van der Waals surface area contributed by atoms with E-state index in [2.05, 4.69) is 14.8 Å². The third-order valence-electron chi connectivity index (χ3n) is 4.37. The Morgan fingerprint density at radius 3 is 1.83 bits per heavy atom. The Kier molecular flexibility index (Phi) is 8.56. The lowest BCUT2D eigenvalue weighted by molar-refractivity contribution is -0.152. The predicted molar refractivity (Wildman–Crippen MR) is 108 cm³/mol. The molecule has 30 heavy (non-hydrogen) atoms. The van der Waals surface area contributed by atoms with Crippen LogP contribution in [0.4, 0.5) is 0 Å². The first-order chi connectivity index (χ1) is 14.4. The Morgan fingerprint density at radius 2 is 1.33 bits per heavy atom. The predicted octanol–water partition coefficient (Wildman–Crippen LogP) is 1.72. The smallest absolute Gasteiger partial charge is 0.325 e. The van der Waals surface area contributed by atoms with Gasteiger partial charge in [0.25, 0.3) is 5.91 Å². The van der Waals surface area contributed by atoms with E-state index in [9.17, 15) is 19.2 Å². The van der Waals surface area contributed by atoms with E-state index in [0.29, 0.717) is 11.1 Å². The minimum absolute atomic E-state index is 0.156. The van der Waals surface area contributed by atoms with E-state index in [1.165, 1.54) is 14.2 Å². The Bertz CT molecular complexity index is 852. The molecule has 0 aromatic heterocycles.